The Morgan fingerprint density at radius 1 is 0.837 bits per heavy atom. The molecule has 1 saturated heterocycles. The van der Waals surface area contributed by atoms with E-state index < -0.39 is 35.0 Å². The van der Waals surface area contributed by atoms with Crippen LogP contribution in [-0.2, 0) is 24.6 Å². The van der Waals surface area contributed by atoms with Gasteiger partial charge in [0.2, 0.25) is 11.8 Å². The number of ketones is 2. The molecule has 3 aliphatic carbocycles. The predicted molar refractivity (Wildman–Crippen MR) is 188 cm³/mol. The summed E-state index contributed by atoms with van der Waals surface area (Å²) in [5.74, 6) is -4.02. The van der Waals surface area contributed by atoms with Crippen molar-refractivity contribution in [1.82, 2.24) is 0 Å². The average molecular weight is 715 g/mol. The van der Waals surface area contributed by atoms with E-state index in [4.69, 9.17) is 4.74 Å². The summed E-state index contributed by atoms with van der Waals surface area (Å²) >= 11 is 3.44. The van der Waals surface area contributed by atoms with E-state index in [1.165, 1.54) is 24.2 Å². The maximum atomic E-state index is 15.1. The number of anilines is 1. The van der Waals surface area contributed by atoms with Crippen molar-refractivity contribution in [2.24, 2.45) is 23.7 Å². The van der Waals surface area contributed by atoms with Gasteiger partial charge >= 0.3 is 0 Å². The number of ether oxygens (including phenoxy) is 1. The van der Waals surface area contributed by atoms with Crippen LogP contribution >= 0.6 is 15.9 Å². The summed E-state index contributed by atoms with van der Waals surface area (Å²) in [5, 5.41) is 10.5. The van der Waals surface area contributed by atoms with E-state index in [0.717, 1.165) is 10.0 Å². The molecule has 8 heteroatoms. The van der Waals surface area contributed by atoms with Crippen molar-refractivity contribution in [3.63, 3.8) is 0 Å². The molecule has 1 N–H and O–H groups in total. The van der Waals surface area contributed by atoms with Gasteiger partial charge in [-0.1, -0.05) is 94.3 Å². The van der Waals surface area contributed by atoms with Gasteiger partial charge in [-0.15, -0.1) is 0 Å². The van der Waals surface area contributed by atoms with Crippen LogP contribution in [-0.4, -0.2) is 35.6 Å². The lowest BCUT2D eigenvalue weighted by Gasteiger charge is -2.55. The lowest BCUT2D eigenvalue weighted by atomic mass is 9.44. The molecule has 6 unspecified atom stereocenters. The molecule has 2 fully saturated rings. The predicted octanol–water partition coefficient (Wildman–Crippen LogP) is 7.19. The summed E-state index contributed by atoms with van der Waals surface area (Å²) in [6.45, 7) is 0. The molecule has 2 amide bonds. The second-order valence-electron chi connectivity index (χ2n) is 13.2. The Labute approximate surface area is 292 Å². The molecule has 0 bridgehead atoms. The van der Waals surface area contributed by atoms with Gasteiger partial charge in [0.15, 0.2) is 11.6 Å². The minimum absolute atomic E-state index is 0.00466. The van der Waals surface area contributed by atoms with Gasteiger partial charge in [-0.3, -0.25) is 24.1 Å². The number of amides is 2. The Morgan fingerprint density at radius 3 is 2.22 bits per heavy atom. The molecule has 1 saturated carbocycles. The molecule has 4 aromatic carbocycles. The molecule has 0 aromatic heterocycles. The minimum Gasteiger partial charge on any atom is -0.508 e. The smallest absolute Gasteiger partial charge is 0.238 e. The second kappa shape index (κ2) is 11.8. The third kappa shape index (κ3) is 4.61. The summed E-state index contributed by atoms with van der Waals surface area (Å²) in [6, 6.07) is 30.5. The lowest BCUT2D eigenvalue weighted by molar-refractivity contribution is -0.135. The number of Topliss-reactive ketones (excluding diaryl/α,β-unsaturated/α-hetero) is 1. The number of carbonyl (C=O) groups excluding carboxylic acids is 4. The highest BCUT2D eigenvalue weighted by atomic mass is 79.9. The molecule has 7 nitrogen and oxygen atoms in total. The maximum Gasteiger partial charge on any atom is 0.238 e. The highest BCUT2D eigenvalue weighted by Crippen LogP contribution is 2.64. The molecular formula is C41H32BrNO6. The first-order valence-electron chi connectivity index (χ1n) is 16.4. The first-order valence-corrected chi connectivity index (χ1v) is 17.2. The number of fused-ring (bicyclic) bond motifs is 4. The van der Waals surface area contributed by atoms with Crippen LogP contribution in [0.15, 0.2) is 125 Å². The summed E-state index contributed by atoms with van der Waals surface area (Å²) < 4.78 is 6.68. The molecular weight excluding hydrogens is 682 g/mol. The number of halogens is 1. The summed E-state index contributed by atoms with van der Waals surface area (Å²) in [6.07, 6.45) is 4.04. The number of phenolic OH excluding ortho intramolecular Hbond substituents is 1. The number of hydrogen-bond donors (Lipinski definition) is 1. The normalized spacial score (nSPS) is 27.6. The SMILES string of the molecule is COc1cc(O)ccc1C1C2=CCC3C(=O)N(c4ccc(Br)cc4)C(=O)C3C2CC2C(=O)C(c3ccccc3)=CC(=O)C21c1ccccc1. The van der Waals surface area contributed by atoms with Crippen LogP contribution in [0.2, 0.25) is 0 Å². The Hall–Kier alpha value is -5.08. The van der Waals surface area contributed by atoms with Gasteiger partial charge in [-0.05, 0) is 66.3 Å². The van der Waals surface area contributed by atoms with Gasteiger partial charge in [0.1, 0.15) is 11.5 Å². The number of carbonyl (C=O) groups is 4. The Morgan fingerprint density at radius 2 is 1.53 bits per heavy atom. The molecule has 4 aliphatic rings. The number of allylic oxidation sites excluding steroid dienone is 4. The van der Waals surface area contributed by atoms with Gasteiger partial charge in [0, 0.05) is 33.5 Å². The third-order valence-electron chi connectivity index (χ3n) is 11.0. The fourth-order valence-corrected chi connectivity index (χ4v) is 9.27. The van der Waals surface area contributed by atoms with E-state index in [2.05, 4.69) is 15.9 Å². The zero-order valence-corrected chi connectivity index (χ0v) is 28.2. The highest BCUT2D eigenvalue weighted by molar-refractivity contribution is 9.10. The number of hydrogen-bond acceptors (Lipinski definition) is 6. The quantitative estimate of drug-likeness (QED) is 0.174. The van der Waals surface area contributed by atoms with E-state index in [1.54, 1.807) is 36.4 Å². The van der Waals surface area contributed by atoms with Crippen molar-refractivity contribution in [1.29, 1.82) is 0 Å². The Bertz CT molecular complexity index is 2090. The van der Waals surface area contributed by atoms with E-state index in [0.29, 0.717) is 40.1 Å². The number of phenols is 1. The van der Waals surface area contributed by atoms with E-state index in [9.17, 15) is 14.7 Å². The topological polar surface area (TPSA) is 101 Å². The first-order chi connectivity index (χ1) is 23.7. The zero-order chi connectivity index (χ0) is 34.0. The minimum atomic E-state index is -1.38. The first kappa shape index (κ1) is 31.2. The van der Waals surface area contributed by atoms with Crippen molar-refractivity contribution in [3.05, 3.63) is 142 Å². The van der Waals surface area contributed by atoms with Crippen LogP contribution in [0.3, 0.4) is 0 Å². The van der Waals surface area contributed by atoms with E-state index in [-0.39, 0.29) is 35.6 Å². The standard InChI is InChI=1S/C41H32BrNO6/c1-49-34-20-27(44)16-17-29(34)37-28-18-19-30-36(40(48)43(39(30)47)26-14-12-25(42)13-15-26)32(28)21-33-38(46)31(23-8-4-2-5-9-23)22-35(45)41(33,37)24-10-6-3-7-11-24/h2-18,20,22,30,32-33,36-37,44H,19,21H2,1H3. The average Bonchev–Trinajstić information content (AvgIpc) is 3.39. The summed E-state index contributed by atoms with van der Waals surface area (Å²) in [7, 11) is 1.51. The van der Waals surface area contributed by atoms with Gasteiger partial charge < -0.3 is 9.84 Å². The summed E-state index contributed by atoms with van der Waals surface area (Å²) in [4.78, 5) is 59.9. The largest absolute Gasteiger partial charge is 0.508 e. The molecule has 49 heavy (non-hydrogen) atoms. The van der Waals surface area contributed by atoms with E-state index in [1.807, 2.05) is 66.7 Å². The fourth-order valence-electron chi connectivity index (χ4n) is 9.00. The lowest BCUT2D eigenvalue weighted by Crippen LogP contribution is -2.58. The van der Waals surface area contributed by atoms with Gasteiger partial charge in [-0.25, -0.2) is 0 Å². The molecule has 0 spiro atoms. The van der Waals surface area contributed by atoms with Crippen LogP contribution in [0.25, 0.3) is 5.57 Å². The van der Waals surface area contributed by atoms with Crippen molar-refractivity contribution in [2.75, 3.05) is 12.0 Å². The number of rotatable bonds is 5. The van der Waals surface area contributed by atoms with Crippen LogP contribution in [0.4, 0.5) is 5.69 Å². The number of imide groups is 1. The van der Waals surface area contributed by atoms with Crippen LogP contribution in [0.1, 0.15) is 35.4 Å². The molecule has 1 aliphatic heterocycles. The zero-order valence-electron chi connectivity index (χ0n) is 26.6. The molecule has 8 rings (SSSR count). The van der Waals surface area contributed by atoms with Gasteiger partial charge in [-0.2, -0.15) is 0 Å². The molecule has 1 heterocycles. The molecule has 4 aromatic rings. The number of methoxy groups -OCH3 is 1. The van der Waals surface area contributed by atoms with Crippen LogP contribution in [0.5, 0.6) is 11.5 Å². The van der Waals surface area contributed by atoms with Crippen molar-refractivity contribution in [3.8, 4) is 11.5 Å². The Kier molecular flexibility index (Phi) is 7.52. The molecule has 244 valence electrons. The van der Waals surface area contributed by atoms with Crippen LogP contribution < -0.4 is 9.64 Å². The fraction of sp³-hybridized carbons (Fsp3) is 0.220. The Balaban J connectivity index is 1.37. The molecule has 6 atom stereocenters. The maximum absolute atomic E-state index is 15.1. The third-order valence-corrected chi connectivity index (χ3v) is 11.5. The number of benzene rings is 4. The summed E-state index contributed by atoms with van der Waals surface area (Å²) in [5.41, 5.74) is 2.26. The number of aromatic hydroxyl groups is 1. The monoisotopic (exact) mass is 713 g/mol. The highest BCUT2D eigenvalue weighted by Gasteiger charge is 2.66. The number of nitrogens with zero attached hydrogens (tertiary/aromatic N) is 1. The van der Waals surface area contributed by atoms with E-state index >= 15 is 9.59 Å². The van der Waals surface area contributed by atoms with Crippen molar-refractivity contribution in [2.45, 2.75) is 24.2 Å². The molecule has 0 radical (unpaired) electrons. The van der Waals surface area contributed by atoms with Crippen molar-refractivity contribution >= 4 is 50.6 Å². The second-order valence-corrected chi connectivity index (χ2v) is 14.1. The van der Waals surface area contributed by atoms with Crippen LogP contribution in [0, 0.1) is 23.7 Å². The van der Waals surface area contributed by atoms with Crippen molar-refractivity contribution < 1.29 is 29.0 Å². The van der Waals surface area contributed by atoms with Gasteiger partial charge in [0.25, 0.3) is 0 Å². The van der Waals surface area contributed by atoms with Gasteiger partial charge in [0.05, 0.1) is 30.0 Å².